The van der Waals surface area contributed by atoms with Crippen LogP contribution in [0.1, 0.15) is 32.8 Å². The number of halogens is 15. The first-order chi connectivity index (χ1) is 16.2. The van der Waals surface area contributed by atoms with Crippen molar-refractivity contribution in [2.45, 2.75) is 80.6 Å². The van der Waals surface area contributed by atoms with Gasteiger partial charge in [0.1, 0.15) is 5.75 Å². The SMILES string of the molecule is COC(C)(CC(F)(F)C(F)(F)C(F)(F)C(F)(F)C(F)(F)C(F)(F)C(F)(F)F)c1ccccc1OC(C)C. The first-order valence-corrected chi connectivity index (χ1v) is 9.83. The molecular weight excluding hydrogens is 557 g/mol. The van der Waals surface area contributed by atoms with Crippen molar-refractivity contribution >= 4 is 0 Å². The molecule has 0 bridgehead atoms. The Morgan fingerprint density at radius 2 is 1.05 bits per heavy atom. The molecule has 0 saturated heterocycles. The third-order valence-corrected chi connectivity index (χ3v) is 5.22. The largest absolute Gasteiger partial charge is 0.491 e. The second-order valence-electron chi connectivity index (χ2n) is 8.35. The molecule has 0 heterocycles. The molecule has 0 fully saturated rings. The van der Waals surface area contributed by atoms with Gasteiger partial charge in [0.25, 0.3) is 0 Å². The van der Waals surface area contributed by atoms with Gasteiger partial charge in [-0.25, -0.2) is 0 Å². The van der Waals surface area contributed by atoms with E-state index in [-0.39, 0.29) is 5.75 Å². The van der Waals surface area contributed by atoms with Crippen molar-refractivity contribution in [1.82, 2.24) is 0 Å². The monoisotopic (exact) mass is 576 g/mol. The van der Waals surface area contributed by atoms with Crippen molar-refractivity contribution < 1.29 is 75.3 Å². The van der Waals surface area contributed by atoms with Gasteiger partial charge in [0.2, 0.25) is 0 Å². The fraction of sp³-hybridized carbons (Fsp3) is 0.700. The number of rotatable bonds is 11. The normalized spacial score (nSPS) is 16.6. The lowest BCUT2D eigenvalue weighted by atomic mass is 9.83. The molecule has 0 aliphatic heterocycles. The number of ether oxygens (including phenoxy) is 2. The summed E-state index contributed by atoms with van der Waals surface area (Å²) < 4.78 is 212. The summed E-state index contributed by atoms with van der Waals surface area (Å²) in [5, 5.41) is 0. The van der Waals surface area contributed by atoms with Crippen LogP contribution in [0.2, 0.25) is 0 Å². The van der Waals surface area contributed by atoms with Gasteiger partial charge in [-0.1, -0.05) is 18.2 Å². The summed E-state index contributed by atoms with van der Waals surface area (Å²) in [6.07, 6.45) is -11.0. The van der Waals surface area contributed by atoms with Gasteiger partial charge < -0.3 is 9.47 Å². The average Bonchev–Trinajstić information content (AvgIpc) is 2.71. The lowest BCUT2D eigenvalue weighted by Gasteiger charge is -2.43. The van der Waals surface area contributed by atoms with Crippen molar-refractivity contribution in [3.63, 3.8) is 0 Å². The predicted molar refractivity (Wildman–Crippen MR) is 96.9 cm³/mol. The smallest absolute Gasteiger partial charge is 0.460 e. The highest BCUT2D eigenvalue weighted by molar-refractivity contribution is 5.38. The zero-order chi connectivity index (χ0) is 29.7. The molecule has 0 saturated carbocycles. The molecule has 0 aliphatic rings. The number of methoxy groups -OCH3 is 1. The van der Waals surface area contributed by atoms with Crippen LogP contribution in [0.5, 0.6) is 5.75 Å². The van der Waals surface area contributed by atoms with Gasteiger partial charge in [-0.3, -0.25) is 0 Å². The molecule has 0 aliphatic carbocycles. The summed E-state index contributed by atoms with van der Waals surface area (Å²) in [4.78, 5) is 0. The molecular formula is C20H19F15O2. The van der Waals surface area contributed by atoms with E-state index < -0.39 is 65.4 Å². The minimum atomic E-state index is -8.34. The molecule has 0 amide bonds. The van der Waals surface area contributed by atoms with Crippen molar-refractivity contribution in [2.24, 2.45) is 0 Å². The third kappa shape index (κ3) is 5.15. The molecule has 1 aromatic rings. The number of hydrogen-bond donors (Lipinski definition) is 0. The number of para-hydroxylation sites is 1. The number of alkyl halides is 15. The maximum absolute atomic E-state index is 14.6. The lowest BCUT2D eigenvalue weighted by Crippen LogP contribution is -2.72. The van der Waals surface area contributed by atoms with E-state index >= 15 is 0 Å². The van der Waals surface area contributed by atoms with Gasteiger partial charge in [-0.15, -0.1) is 0 Å². The fourth-order valence-electron chi connectivity index (χ4n) is 3.07. The molecule has 1 aromatic carbocycles. The van der Waals surface area contributed by atoms with Crippen LogP contribution < -0.4 is 4.74 Å². The molecule has 0 radical (unpaired) electrons. The Morgan fingerprint density at radius 3 is 1.46 bits per heavy atom. The maximum Gasteiger partial charge on any atom is 0.460 e. The molecule has 37 heavy (non-hydrogen) atoms. The summed E-state index contributed by atoms with van der Waals surface area (Å²) in [5.74, 6) is -47.2. The molecule has 17 heteroatoms. The Labute approximate surface area is 199 Å². The van der Waals surface area contributed by atoms with E-state index in [1.165, 1.54) is 19.9 Å². The van der Waals surface area contributed by atoms with Crippen LogP contribution in [0.4, 0.5) is 65.9 Å². The van der Waals surface area contributed by atoms with E-state index in [9.17, 15) is 65.9 Å². The predicted octanol–water partition coefficient (Wildman–Crippen LogP) is 8.10. The Morgan fingerprint density at radius 1 is 0.649 bits per heavy atom. The highest BCUT2D eigenvalue weighted by atomic mass is 19.4. The van der Waals surface area contributed by atoms with E-state index in [0.29, 0.717) is 14.0 Å². The number of benzene rings is 1. The Bertz CT molecular complexity index is 940. The van der Waals surface area contributed by atoms with Crippen LogP contribution in [0.25, 0.3) is 0 Å². The first kappa shape index (κ1) is 33.0. The van der Waals surface area contributed by atoms with Crippen molar-refractivity contribution in [1.29, 1.82) is 0 Å². The summed E-state index contributed by atoms with van der Waals surface area (Å²) in [7, 11) is 0.588. The minimum Gasteiger partial charge on any atom is -0.491 e. The zero-order valence-electron chi connectivity index (χ0n) is 19.1. The van der Waals surface area contributed by atoms with Crippen LogP contribution in [0.3, 0.4) is 0 Å². The molecule has 1 unspecified atom stereocenters. The summed E-state index contributed by atoms with van der Waals surface area (Å²) in [6.45, 7) is 3.41. The topological polar surface area (TPSA) is 18.5 Å². The van der Waals surface area contributed by atoms with Crippen molar-refractivity contribution in [3.05, 3.63) is 29.8 Å². The van der Waals surface area contributed by atoms with Crippen LogP contribution >= 0.6 is 0 Å². The van der Waals surface area contributed by atoms with Crippen molar-refractivity contribution in [2.75, 3.05) is 7.11 Å². The van der Waals surface area contributed by atoms with Crippen LogP contribution in [-0.2, 0) is 10.3 Å². The summed E-state index contributed by atoms with van der Waals surface area (Å²) >= 11 is 0. The Balaban J connectivity index is 3.65. The molecule has 1 rings (SSSR count). The maximum atomic E-state index is 14.6. The first-order valence-electron chi connectivity index (χ1n) is 9.83. The average molecular weight is 576 g/mol. The fourth-order valence-corrected chi connectivity index (χ4v) is 3.07. The third-order valence-electron chi connectivity index (χ3n) is 5.22. The lowest BCUT2D eigenvalue weighted by molar-refractivity contribution is -0.453. The van der Waals surface area contributed by atoms with E-state index in [4.69, 9.17) is 9.47 Å². The van der Waals surface area contributed by atoms with E-state index in [0.717, 1.165) is 18.2 Å². The second-order valence-corrected chi connectivity index (χ2v) is 8.35. The van der Waals surface area contributed by atoms with Gasteiger partial charge in [-0.2, -0.15) is 65.9 Å². The highest BCUT2D eigenvalue weighted by Crippen LogP contribution is 2.63. The van der Waals surface area contributed by atoms with Crippen LogP contribution in [-0.4, -0.2) is 54.9 Å². The zero-order valence-corrected chi connectivity index (χ0v) is 19.1. The molecule has 0 aromatic heterocycles. The van der Waals surface area contributed by atoms with E-state index in [2.05, 4.69) is 0 Å². The van der Waals surface area contributed by atoms with Gasteiger partial charge in [-0.05, 0) is 26.8 Å². The second kappa shape index (κ2) is 9.59. The van der Waals surface area contributed by atoms with Crippen molar-refractivity contribution in [3.8, 4) is 5.75 Å². The standard InChI is InChI=1S/C20H19F15O2/c1-10(2)37-12-8-6-5-7-11(12)13(3,36-4)9-14(21,22)15(23,24)16(25,26)17(27,28)18(29,30)19(31,32)20(33,34)35/h5-8,10H,9H2,1-4H3. The number of hydrogen-bond acceptors (Lipinski definition) is 2. The van der Waals surface area contributed by atoms with Crippen LogP contribution in [0.15, 0.2) is 24.3 Å². The molecule has 216 valence electrons. The van der Waals surface area contributed by atoms with E-state index in [1.54, 1.807) is 0 Å². The van der Waals surface area contributed by atoms with E-state index in [1.807, 2.05) is 0 Å². The minimum absolute atomic E-state index is 0.339. The Kier molecular flexibility index (Phi) is 8.55. The summed E-state index contributed by atoms with van der Waals surface area (Å²) in [6, 6.07) is 4.37. The summed E-state index contributed by atoms with van der Waals surface area (Å²) in [5.41, 5.74) is -3.34. The Hall–Kier alpha value is -2.07. The van der Waals surface area contributed by atoms with Crippen LogP contribution in [0, 0.1) is 0 Å². The van der Waals surface area contributed by atoms with Gasteiger partial charge >= 0.3 is 41.7 Å². The molecule has 1 atom stereocenters. The molecule has 0 spiro atoms. The molecule has 2 nitrogen and oxygen atoms in total. The quantitative estimate of drug-likeness (QED) is 0.248. The van der Waals surface area contributed by atoms with Gasteiger partial charge in [0.05, 0.1) is 18.1 Å². The highest BCUT2D eigenvalue weighted by Gasteiger charge is 2.93. The molecule has 0 N–H and O–H groups in total. The van der Waals surface area contributed by atoms with Gasteiger partial charge in [0.15, 0.2) is 0 Å². The van der Waals surface area contributed by atoms with Gasteiger partial charge in [0, 0.05) is 12.7 Å².